The molecule has 1 aliphatic rings. The van der Waals surface area contributed by atoms with Crippen molar-refractivity contribution in [2.75, 3.05) is 5.32 Å². The van der Waals surface area contributed by atoms with Gasteiger partial charge in [-0.25, -0.2) is 14.8 Å². The molecular formula is C16H19N3O2. The first-order chi connectivity index (χ1) is 10.2. The first kappa shape index (κ1) is 13.8. The van der Waals surface area contributed by atoms with E-state index >= 15 is 0 Å². The molecule has 21 heavy (non-hydrogen) atoms. The summed E-state index contributed by atoms with van der Waals surface area (Å²) in [6.45, 7) is 0. The Morgan fingerprint density at radius 1 is 1.24 bits per heavy atom. The molecular weight excluding hydrogens is 266 g/mol. The Hall–Kier alpha value is -2.17. The zero-order chi connectivity index (χ0) is 14.7. The molecule has 5 nitrogen and oxygen atoms in total. The van der Waals surface area contributed by atoms with Crippen LogP contribution >= 0.6 is 0 Å². The van der Waals surface area contributed by atoms with Gasteiger partial charge in [0.2, 0.25) is 5.95 Å². The van der Waals surface area contributed by atoms with Gasteiger partial charge in [0.05, 0.1) is 5.52 Å². The molecule has 0 radical (unpaired) electrons. The Morgan fingerprint density at radius 3 is 2.76 bits per heavy atom. The largest absolute Gasteiger partial charge is 0.480 e. The van der Waals surface area contributed by atoms with Crippen LogP contribution in [-0.2, 0) is 4.79 Å². The first-order valence-electron chi connectivity index (χ1n) is 7.45. The number of hydrogen-bond donors (Lipinski definition) is 2. The predicted octanol–water partition coefficient (Wildman–Crippen LogP) is 3.08. The number of rotatable bonds is 4. The monoisotopic (exact) mass is 285 g/mol. The number of para-hydroxylation sites is 1. The molecule has 1 atom stereocenters. The highest BCUT2D eigenvalue weighted by Crippen LogP contribution is 2.28. The van der Waals surface area contributed by atoms with Crippen LogP contribution in [0.1, 0.15) is 32.1 Å². The number of hydrogen-bond acceptors (Lipinski definition) is 4. The lowest BCUT2D eigenvalue weighted by Crippen LogP contribution is -2.38. The molecule has 0 amide bonds. The molecule has 1 fully saturated rings. The number of aliphatic carboxylic acids is 1. The van der Waals surface area contributed by atoms with Crippen LogP contribution in [0.5, 0.6) is 0 Å². The molecule has 2 aromatic rings. The fourth-order valence-electron chi connectivity index (χ4n) is 3.03. The third-order valence-electron chi connectivity index (χ3n) is 4.16. The van der Waals surface area contributed by atoms with Crippen molar-refractivity contribution >= 4 is 22.8 Å². The van der Waals surface area contributed by atoms with Crippen molar-refractivity contribution < 1.29 is 9.90 Å². The fourth-order valence-corrected chi connectivity index (χ4v) is 3.03. The third kappa shape index (κ3) is 3.12. The summed E-state index contributed by atoms with van der Waals surface area (Å²) in [7, 11) is 0. The van der Waals surface area contributed by atoms with E-state index < -0.39 is 12.0 Å². The van der Waals surface area contributed by atoms with Crippen molar-refractivity contribution in [1.29, 1.82) is 0 Å². The average molecular weight is 285 g/mol. The summed E-state index contributed by atoms with van der Waals surface area (Å²) in [5.74, 6) is -0.267. The van der Waals surface area contributed by atoms with Crippen LogP contribution in [0.25, 0.3) is 10.9 Å². The number of fused-ring (bicyclic) bond motifs is 1. The highest BCUT2D eigenvalue weighted by Gasteiger charge is 2.29. The zero-order valence-corrected chi connectivity index (χ0v) is 11.8. The minimum atomic E-state index is -0.821. The second kappa shape index (κ2) is 6.08. The summed E-state index contributed by atoms with van der Waals surface area (Å²) in [6, 6.07) is 7.08. The summed E-state index contributed by atoms with van der Waals surface area (Å²) < 4.78 is 0. The Balaban J connectivity index is 1.81. The van der Waals surface area contributed by atoms with Crippen LogP contribution in [0, 0.1) is 5.92 Å². The van der Waals surface area contributed by atoms with Gasteiger partial charge in [-0.2, -0.15) is 0 Å². The van der Waals surface area contributed by atoms with E-state index in [0.29, 0.717) is 5.95 Å². The molecule has 5 heteroatoms. The molecule has 2 N–H and O–H groups in total. The molecule has 1 unspecified atom stereocenters. The van der Waals surface area contributed by atoms with Crippen LogP contribution in [-0.4, -0.2) is 27.1 Å². The maximum atomic E-state index is 11.5. The summed E-state index contributed by atoms with van der Waals surface area (Å²) in [6.07, 6.45) is 7.05. The van der Waals surface area contributed by atoms with E-state index in [4.69, 9.17) is 0 Å². The van der Waals surface area contributed by atoms with Crippen molar-refractivity contribution in [3.05, 3.63) is 30.5 Å². The van der Waals surface area contributed by atoms with E-state index in [1.165, 1.54) is 6.42 Å². The minimum Gasteiger partial charge on any atom is -0.480 e. The maximum absolute atomic E-state index is 11.5. The van der Waals surface area contributed by atoms with Crippen LogP contribution in [0.3, 0.4) is 0 Å². The maximum Gasteiger partial charge on any atom is 0.326 e. The van der Waals surface area contributed by atoms with E-state index in [1.807, 2.05) is 24.3 Å². The van der Waals surface area contributed by atoms with Crippen LogP contribution in [0.15, 0.2) is 30.5 Å². The van der Waals surface area contributed by atoms with Gasteiger partial charge >= 0.3 is 5.97 Å². The highest BCUT2D eigenvalue weighted by atomic mass is 16.4. The highest BCUT2D eigenvalue weighted by molar-refractivity contribution is 5.80. The van der Waals surface area contributed by atoms with E-state index in [1.54, 1.807) is 6.20 Å². The van der Waals surface area contributed by atoms with Gasteiger partial charge in [-0.3, -0.25) is 0 Å². The number of benzene rings is 1. The quantitative estimate of drug-likeness (QED) is 0.903. The number of carbonyl (C=O) groups is 1. The van der Waals surface area contributed by atoms with Gasteiger partial charge in [0.25, 0.3) is 0 Å². The number of nitrogens with one attached hydrogen (secondary N) is 1. The van der Waals surface area contributed by atoms with Crippen LogP contribution < -0.4 is 5.32 Å². The first-order valence-corrected chi connectivity index (χ1v) is 7.45. The third-order valence-corrected chi connectivity index (χ3v) is 4.16. The summed E-state index contributed by atoms with van der Waals surface area (Å²) in [5.41, 5.74) is 0.822. The second-order valence-corrected chi connectivity index (χ2v) is 5.61. The molecule has 0 saturated heterocycles. The van der Waals surface area contributed by atoms with Crippen molar-refractivity contribution in [2.45, 2.75) is 38.1 Å². The molecule has 0 bridgehead atoms. The second-order valence-electron chi connectivity index (χ2n) is 5.61. The Bertz CT molecular complexity index is 638. The van der Waals surface area contributed by atoms with Crippen molar-refractivity contribution in [3.8, 4) is 0 Å². The fraction of sp³-hybridized carbons (Fsp3) is 0.438. The predicted molar refractivity (Wildman–Crippen MR) is 81.2 cm³/mol. The number of nitrogens with zero attached hydrogens (tertiary/aromatic N) is 2. The number of carboxylic acid groups (broad SMARTS) is 1. The van der Waals surface area contributed by atoms with Gasteiger partial charge in [0, 0.05) is 11.6 Å². The average Bonchev–Trinajstić information content (AvgIpc) is 2.53. The van der Waals surface area contributed by atoms with E-state index in [2.05, 4.69) is 15.3 Å². The zero-order valence-electron chi connectivity index (χ0n) is 11.8. The Morgan fingerprint density at radius 2 is 2.00 bits per heavy atom. The van der Waals surface area contributed by atoms with E-state index in [0.717, 1.165) is 36.6 Å². The Labute approximate surface area is 123 Å². The molecule has 1 aliphatic carbocycles. The molecule has 1 heterocycles. The molecule has 0 aliphatic heterocycles. The standard InChI is InChI=1S/C16H19N3O2/c20-15(21)14(11-6-2-1-3-7-11)19-16-17-10-12-8-4-5-9-13(12)18-16/h4-5,8-11,14H,1-3,6-7H2,(H,20,21)(H,17,18,19). The van der Waals surface area contributed by atoms with Crippen molar-refractivity contribution in [3.63, 3.8) is 0 Å². The normalized spacial score (nSPS) is 17.5. The lowest BCUT2D eigenvalue weighted by atomic mass is 9.84. The molecule has 0 spiro atoms. The van der Waals surface area contributed by atoms with Gasteiger partial charge in [0.15, 0.2) is 0 Å². The summed E-state index contributed by atoms with van der Waals surface area (Å²) in [5, 5.41) is 13.5. The molecule has 1 aromatic heterocycles. The Kier molecular flexibility index (Phi) is 3.99. The van der Waals surface area contributed by atoms with Gasteiger partial charge in [-0.1, -0.05) is 37.5 Å². The smallest absolute Gasteiger partial charge is 0.326 e. The van der Waals surface area contributed by atoms with Gasteiger partial charge in [-0.05, 0) is 24.8 Å². The van der Waals surface area contributed by atoms with Crippen LogP contribution in [0.2, 0.25) is 0 Å². The number of carboxylic acids is 1. The van der Waals surface area contributed by atoms with Gasteiger partial charge in [-0.15, -0.1) is 0 Å². The molecule has 110 valence electrons. The number of anilines is 1. The molecule has 1 aromatic carbocycles. The molecule has 1 saturated carbocycles. The summed E-state index contributed by atoms with van der Waals surface area (Å²) >= 11 is 0. The lowest BCUT2D eigenvalue weighted by Gasteiger charge is -2.28. The topological polar surface area (TPSA) is 75.1 Å². The number of aromatic nitrogens is 2. The minimum absolute atomic E-state index is 0.159. The van der Waals surface area contributed by atoms with E-state index in [9.17, 15) is 9.90 Å². The van der Waals surface area contributed by atoms with Gasteiger partial charge < -0.3 is 10.4 Å². The van der Waals surface area contributed by atoms with Crippen molar-refractivity contribution in [1.82, 2.24) is 9.97 Å². The lowest BCUT2D eigenvalue weighted by molar-refractivity contribution is -0.139. The van der Waals surface area contributed by atoms with Gasteiger partial charge in [0.1, 0.15) is 6.04 Å². The van der Waals surface area contributed by atoms with Crippen LogP contribution in [0.4, 0.5) is 5.95 Å². The SMILES string of the molecule is O=C(O)C(Nc1ncc2ccccc2n1)C1CCCCC1. The van der Waals surface area contributed by atoms with E-state index in [-0.39, 0.29) is 5.92 Å². The van der Waals surface area contributed by atoms with Crippen molar-refractivity contribution in [2.24, 2.45) is 5.92 Å². The molecule has 3 rings (SSSR count). The summed E-state index contributed by atoms with van der Waals surface area (Å²) in [4.78, 5) is 20.2.